The van der Waals surface area contributed by atoms with E-state index in [4.69, 9.17) is 4.74 Å². The van der Waals surface area contributed by atoms with E-state index in [-0.39, 0.29) is 18.7 Å². The molecule has 0 saturated carbocycles. The number of nitrogens with one attached hydrogen (secondary N) is 1. The molecule has 3 heteroatoms. The average molecular weight is 321 g/mol. The quantitative estimate of drug-likeness (QED) is 0.714. The first-order chi connectivity index (χ1) is 11.7. The Labute approximate surface area is 142 Å². The van der Waals surface area contributed by atoms with Crippen LogP contribution in [0.15, 0.2) is 66.7 Å². The molecule has 0 aliphatic rings. The van der Waals surface area contributed by atoms with Gasteiger partial charge in [-0.3, -0.25) is 0 Å². The third-order valence-electron chi connectivity index (χ3n) is 4.42. The molecule has 24 heavy (non-hydrogen) atoms. The van der Waals surface area contributed by atoms with Gasteiger partial charge in [-0.1, -0.05) is 54.6 Å². The molecule has 0 radical (unpaired) electrons. The molecule has 0 aromatic heterocycles. The Morgan fingerprint density at radius 3 is 2.54 bits per heavy atom. The van der Waals surface area contributed by atoms with Gasteiger partial charge in [0.05, 0.1) is 19.8 Å². The number of hydrogen-bond acceptors (Lipinski definition) is 3. The second-order valence-electron chi connectivity index (χ2n) is 5.97. The topological polar surface area (TPSA) is 41.5 Å². The van der Waals surface area contributed by atoms with Crippen molar-refractivity contribution in [2.45, 2.75) is 19.0 Å². The summed E-state index contributed by atoms with van der Waals surface area (Å²) in [6.45, 7) is 2.16. The van der Waals surface area contributed by atoms with Gasteiger partial charge in [-0.2, -0.15) is 0 Å². The van der Waals surface area contributed by atoms with Gasteiger partial charge in [0.25, 0.3) is 0 Å². The lowest BCUT2D eigenvalue weighted by Crippen LogP contribution is -2.27. The van der Waals surface area contributed by atoms with Crippen LogP contribution in [0.5, 0.6) is 5.75 Å². The monoisotopic (exact) mass is 321 g/mol. The van der Waals surface area contributed by atoms with Crippen LogP contribution in [-0.4, -0.2) is 18.8 Å². The number of hydrogen-bond donors (Lipinski definition) is 2. The van der Waals surface area contributed by atoms with E-state index in [1.54, 1.807) is 7.11 Å². The van der Waals surface area contributed by atoms with Crippen molar-refractivity contribution < 1.29 is 9.84 Å². The Morgan fingerprint density at radius 1 is 1.00 bits per heavy atom. The molecular weight excluding hydrogens is 298 g/mol. The Hall–Kier alpha value is -2.36. The summed E-state index contributed by atoms with van der Waals surface area (Å²) in [6.07, 6.45) is 0. The van der Waals surface area contributed by atoms with Gasteiger partial charge >= 0.3 is 0 Å². The number of ether oxygens (including phenoxy) is 1. The number of methoxy groups -OCH3 is 1. The zero-order chi connectivity index (χ0) is 16.9. The van der Waals surface area contributed by atoms with Gasteiger partial charge in [0.2, 0.25) is 0 Å². The van der Waals surface area contributed by atoms with E-state index in [1.165, 1.54) is 16.3 Å². The van der Waals surface area contributed by atoms with Gasteiger partial charge in [-0.25, -0.2) is 0 Å². The van der Waals surface area contributed by atoms with E-state index in [2.05, 4.69) is 54.7 Å². The van der Waals surface area contributed by atoms with Crippen molar-refractivity contribution in [3.05, 3.63) is 77.9 Å². The van der Waals surface area contributed by atoms with Crippen LogP contribution in [0.2, 0.25) is 0 Å². The molecule has 0 amide bonds. The highest BCUT2D eigenvalue weighted by atomic mass is 16.5. The number of fused-ring (bicyclic) bond motifs is 1. The summed E-state index contributed by atoms with van der Waals surface area (Å²) < 4.78 is 5.29. The van der Waals surface area contributed by atoms with Crippen molar-refractivity contribution in [3.8, 4) is 5.75 Å². The Bertz CT molecular complexity index is 810. The Balaban J connectivity index is 1.87. The molecule has 2 atom stereocenters. The lowest BCUT2D eigenvalue weighted by Gasteiger charge is -2.24. The van der Waals surface area contributed by atoms with E-state index in [1.807, 2.05) is 24.3 Å². The summed E-state index contributed by atoms with van der Waals surface area (Å²) in [4.78, 5) is 0. The molecule has 124 valence electrons. The normalized spacial score (nSPS) is 13.6. The number of aliphatic hydroxyl groups is 1. The van der Waals surface area contributed by atoms with Crippen LogP contribution in [-0.2, 0) is 0 Å². The highest BCUT2D eigenvalue weighted by molar-refractivity contribution is 5.86. The molecule has 0 bridgehead atoms. The van der Waals surface area contributed by atoms with Crippen molar-refractivity contribution in [2.75, 3.05) is 13.7 Å². The van der Waals surface area contributed by atoms with Gasteiger partial charge in [-0.15, -0.1) is 0 Å². The first-order valence-corrected chi connectivity index (χ1v) is 8.21. The van der Waals surface area contributed by atoms with E-state index < -0.39 is 0 Å². The predicted octanol–water partition coefficient (Wildman–Crippen LogP) is 4.23. The first kappa shape index (κ1) is 16.5. The lowest BCUT2D eigenvalue weighted by molar-refractivity contribution is 0.235. The second-order valence-corrected chi connectivity index (χ2v) is 5.97. The van der Waals surface area contributed by atoms with Crippen molar-refractivity contribution in [1.82, 2.24) is 5.32 Å². The molecule has 0 fully saturated rings. The van der Waals surface area contributed by atoms with Crippen LogP contribution in [0.4, 0.5) is 0 Å². The summed E-state index contributed by atoms with van der Waals surface area (Å²) in [5.41, 5.74) is 2.25. The fourth-order valence-electron chi connectivity index (χ4n) is 3.13. The minimum absolute atomic E-state index is 0.0300. The van der Waals surface area contributed by atoms with Gasteiger partial charge < -0.3 is 15.2 Å². The van der Waals surface area contributed by atoms with Crippen molar-refractivity contribution in [1.29, 1.82) is 0 Å². The molecule has 0 aliphatic carbocycles. The highest BCUT2D eigenvalue weighted by Gasteiger charge is 2.16. The summed E-state index contributed by atoms with van der Waals surface area (Å²) in [5.74, 6) is 0.797. The zero-order valence-corrected chi connectivity index (χ0v) is 14.1. The minimum Gasteiger partial charge on any atom is -0.497 e. The largest absolute Gasteiger partial charge is 0.497 e. The van der Waals surface area contributed by atoms with Gasteiger partial charge in [-0.05, 0) is 41.0 Å². The van der Waals surface area contributed by atoms with Crippen molar-refractivity contribution in [3.63, 3.8) is 0 Å². The van der Waals surface area contributed by atoms with E-state index in [9.17, 15) is 5.11 Å². The predicted molar refractivity (Wildman–Crippen MR) is 98.3 cm³/mol. The maximum atomic E-state index is 9.85. The zero-order valence-electron chi connectivity index (χ0n) is 14.1. The van der Waals surface area contributed by atoms with Gasteiger partial charge in [0.15, 0.2) is 0 Å². The van der Waals surface area contributed by atoms with E-state index in [0.29, 0.717) is 0 Å². The summed E-state index contributed by atoms with van der Waals surface area (Å²) in [5, 5.41) is 15.9. The number of aliphatic hydroxyl groups excluding tert-OH is 1. The fourth-order valence-corrected chi connectivity index (χ4v) is 3.13. The van der Waals surface area contributed by atoms with Crippen LogP contribution in [0.3, 0.4) is 0 Å². The van der Waals surface area contributed by atoms with Crippen molar-refractivity contribution >= 4 is 10.8 Å². The molecule has 0 aliphatic heterocycles. The average Bonchev–Trinajstić information content (AvgIpc) is 2.65. The van der Waals surface area contributed by atoms with E-state index >= 15 is 0 Å². The van der Waals surface area contributed by atoms with Crippen LogP contribution >= 0.6 is 0 Å². The molecular formula is C21H23NO2. The third-order valence-corrected chi connectivity index (χ3v) is 4.42. The Morgan fingerprint density at radius 2 is 1.75 bits per heavy atom. The third kappa shape index (κ3) is 3.42. The van der Waals surface area contributed by atoms with Crippen LogP contribution in [0, 0.1) is 0 Å². The molecule has 2 unspecified atom stereocenters. The van der Waals surface area contributed by atoms with Gasteiger partial charge in [0, 0.05) is 6.04 Å². The van der Waals surface area contributed by atoms with Crippen LogP contribution in [0.1, 0.15) is 30.1 Å². The number of benzene rings is 3. The Kier molecular flexibility index (Phi) is 5.14. The van der Waals surface area contributed by atoms with Crippen LogP contribution < -0.4 is 10.1 Å². The molecule has 3 aromatic rings. The van der Waals surface area contributed by atoms with Gasteiger partial charge in [0.1, 0.15) is 5.75 Å². The SMILES string of the molecule is COc1cccc(C(CO)NC(C)c2cccc3ccccc23)c1. The summed E-state index contributed by atoms with van der Waals surface area (Å²) in [7, 11) is 1.65. The first-order valence-electron chi connectivity index (χ1n) is 8.21. The van der Waals surface area contributed by atoms with Crippen LogP contribution in [0.25, 0.3) is 10.8 Å². The maximum absolute atomic E-state index is 9.85. The lowest BCUT2D eigenvalue weighted by atomic mass is 9.98. The molecule has 0 spiro atoms. The highest BCUT2D eigenvalue weighted by Crippen LogP contribution is 2.27. The smallest absolute Gasteiger partial charge is 0.119 e. The molecule has 2 N–H and O–H groups in total. The fraction of sp³-hybridized carbons (Fsp3) is 0.238. The standard InChI is InChI=1S/C21H23NO2/c1-15(19-12-6-8-16-7-3-4-11-20(16)19)22-21(14-23)17-9-5-10-18(13-17)24-2/h3-13,15,21-23H,14H2,1-2H3. The second kappa shape index (κ2) is 7.47. The molecule has 3 rings (SSSR count). The number of rotatable bonds is 6. The minimum atomic E-state index is -0.144. The van der Waals surface area contributed by atoms with Crippen molar-refractivity contribution in [2.24, 2.45) is 0 Å². The molecule has 0 heterocycles. The molecule has 3 aromatic carbocycles. The summed E-state index contributed by atoms with van der Waals surface area (Å²) >= 11 is 0. The van der Waals surface area contributed by atoms with E-state index in [0.717, 1.165) is 11.3 Å². The molecule has 3 nitrogen and oxygen atoms in total. The maximum Gasteiger partial charge on any atom is 0.119 e. The summed E-state index contributed by atoms with van der Waals surface area (Å²) in [6, 6.07) is 22.5. The molecule has 0 saturated heterocycles.